The molecule has 0 spiro atoms. The summed E-state index contributed by atoms with van der Waals surface area (Å²) in [5.41, 5.74) is -0.379. The van der Waals surface area contributed by atoms with Gasteiger partial charge in [-0.15, -0.1) is 4.90 Å². The Kier molecular flexibility index (Phi) is 8.09. The van der Waals surface area contributed by atoms with Crippen molar-refractivity contribution in [3.63, 3.8) is 0 Å². The number of imide groups is 1. The van der Waals surface area contributed by atoms with Gasteiger partial charge in [-0.3, -0.25) is 0 Å². The maximum absolute atomic E-state index is 14.2. The summed E-state index contributed by atoms with van der Waals surface area (Å²) in [5, 5.41) is 10.5. The number of piperidine rings is 1. The summed E-state index contributed by atoms with van der Waals surface area (Å²) >= 11 is 1.25. The first-order valence-corrected chi connectivity index (χ1v) is 14.4. The number of methoxy groups -OCH3 is 1. The molecule has 1 saturated heterocycles. The maximum Gasteiger partial charge on any atom is 0.502 e. The van der Waals surface area contributed by atoms with Gasteiger partial charge in [0.1, 0.15) is 24.7 Å². The molecule has 4 heterocycles. The van der Waals surface area contributed by atoms with Crippen molar-refractivity contribution in [1.82, 2.24) is 14.8 Å². The number of aliphatic carboxylic acids is 1. The Bertz CT molecular complexity index is 1410. The summed E-state index contributed by atoms with van der Waals surface area (Å²) in [4.78, 5) is 48.3. The number of hydrogen-bond donors (Lipinski definition) is 1. The van der Waals surface area contributed by atoms with Gasteiger partial charge in [-0.05, 0) is 64.1 Å². The largest absolute Gasteiger partial charge is 0.502 e. The van der Waals surface area contributed by atoms with Crippen LogP contribution in [0.1, 0.15) is 51.2 Å². The van der Waals surface area contributed by atoms with Gasteiger partial charge in [-0.2, -0.15) is 9.37 Å². The summed E-state index contributed by atoms with van der Waals surface area (Å²) in [7, 11) is 3.66. The van der Waals surface area contributed by atoms with E-state index in [1.165, 1.54) is 42.6 Å². The highest BCUT2D eigenvalue weighted by Crippen LogP contribution is 2.47. The summed E-state index contributed by atoms with van der Waals surface area (Å²) in [6.07, 6.45) is 3.97. The molecule has 3 amide bonds. The van der Waals surface area contributed by atoms with E-state index in [-0.39, 0.29) is 12.6 Å². The van der Waals surface area contributed by atoms with Crippen LogP contribution in [0.3, 0.4) is 0 Å². The normalized spacial score (nSPS) is 21.5. The van der Waals surface area contributed by atoms with Crippen molar-refractivity contribution in [3.05, 3.63) is 53.8 Å². The van der Waals surface area contributed by atoms with Gasteiger partial charge in [0.2, 0.25) is 11.4 Å². The highest BCUT2D eigenvalue weighted by atomic mass is 32.2. The van der Waals surface area contributed by atoms with E-state index in [0.717, 1.165) is 36.4 Å². The number of carbonyl (C=O) groups is 3. The lowest BCUT2D eigenvalue weighted by atomic mass is 9.93. The van der Waals surface area contributed by atoms with Crippen LogP contribution in [-0.4, -0.2) is 92.9 Å². The molecule has 218 valence electrons. The second-order valence-corrected chi connectivity index (χ2v) is 12.1. The topological polar surface area (TPSA) is 125 Å². The van der Waals surface area contributed by atoms with Crippen LogP contribution in [-0.2, 0) is 14.3 Å². The molecule has 1 N–H and O–H groups in total. The van der Waals surface area contributed by atoms with Gasteiger partial charge < -0.3 is 23.9 Å². The van der Waals surface area contributed by atoms with Crippen molar-refractivity contribution in [2.45, 2.75) is 51.4 Å². The van der Waals surface area contributed by atoms with E-state index in [9.17, 15) is 19.5 Å². The molecule has 3 aliphatic heterocycles. The van der Waals surface area contributed by atoms with Gasteiger partial charge in [-0.1, -0.05) is 18.2 Å². The van der Waals surface area contributed by atoms with Crippen LogP contribution in [0.4, 0.5) is 4.79 Å². The predicted molar refractivity (Wildman–Crippen MR) is 152 cm³/mol. The highest BCUT2D eigenvalue weighted by molar-refractivity contribution is 8.22. The second-order valence-electron chi connectivity index (χ2n) is 11.0. The second kappa shape index (κ2) is 11.4. The van der Waals surface area contributed by atoms with Crippen molar-refractivity contribution in [2.75, 3.05) is 33.8 Å². The van der Waals surface area contributed by atoms with Crippen LogP contribution < -0.4 is 4.74 Å². The molecule has 3 aliphatic rings. The van der Waals surface area contributed by atoms with Crippen molar-refractivity contribution >= 4 is 39.6 Å². The summed E-state index contributed by atoms with van der Waals surface area (Å²) in [6, 6.07) is 6.78. The van der Waals surface area contributed by atoms with Gasteiger partial charge in [0.15, 0.2) is 11.0 Å². The average Bonchev–Trinajstić information content (AvgIpc) is 3.59. The number of benzene rings is 1. The number of ether oxygens (including phenoxy) is 2. The number of hydrogen-bond acceptors (Lipinski definition) is 9. The molecular formula is C29H35N4O7S+. The number of carboxylic acid groups (broad SMARTS) is 1. The third-order valence-corrected chi connectivity index (χ3v) is 9.33. The van der Waals surface area contributed by atoms with E-state index in [0.29, 0.717) is 27.2 Å². The first-order valence-electron chi connectivity index (χ1n) is 13.6. The van der Waals surface area contributed by atoms with E-state index < -0.39 is 35.5 Å². The number of amides is 3. The number of thioether (sulfide) groups is 1. The molecule has 2 atom stereocenters. The van der Waals surface area contributed by atoms with Crippen molar-refractivity contribution in [2.24, 2.45) is 5.92 Å². The zero-order chi connectivity index (χ0) is 29.5. The van der Waals surface area contributed by atoms with Crippen LogP contribution >= 0.6 is 11.8 Å². The number of aromatic nitrogens is 1. The number of urea groups is 1. The fourth-order valence-electron chi connectivity index (χ4n) is 5.49. The first kappa shape index (κ1) is 29.0. The van der Waals surface area contributed by atoms with Crippen LogP contribution in [0.25, 0.3) is 4.91 Å². The Labute approximate surface area is 242 Å². The minimum Gasteiger partial charge on any atom is -0.496 e. The molecule has 5 rings (SSSR count). The molecule has 1 fully saturated rings. The van der Waals surface area contributed by atoms with Crippen molar-refractivity contribution in [3.8, 4) is 5.75 Å². The lowest BCUT2D eigenvalue weighted by molar-refractivity contribution is -0.455. The summed E-state index contributed by atoms with van der Waals surface area (Å²) < 4.78 is 19.4. The molecule has 41 heavy (non-hydrogen) atoms. The number of nitrogens with zero attached hydrogens (tertiary/aromatic N) is 4. The standard InChI is InChI=1S/C29H34N4O7S/c1-17-22-25(34)33(29(2,3)27(35)36)28(37)32(26(22)41-23(17)24-30-12-15-39-24)16-21(19-8-6-7-9-20(19)38-5)40-18-10-13-31(4)14-11-18/h6-9,12,15,18,21-22H,10-11,13-14,16H2,1-5H3/p+1. The number of oxazole rings is 1. The fourth-order valence-corrected chi connectivity index (χ4v) is 6.83. The van der Waals surface area contributed by atoms with Gasteiger partial charge >= 0.3 is 17.9 Å². The van der Waals surface area contributed by atoms with E-state index in [1.54, 1.807) is 14.0 Å². The zero-order valence-corrected chi connectivity index (χ0v) is 24.6. The van der Waals surface area contributed by atoms with Crippen molar-refractivity contribution < 1.29 is 38.0 Å². The minimum atomic E-state index is -1.79. The molecule has 0 saturated carbocycles. The lowest BCUT2D eigenvalue weighted by Gasteiger charge is -2.35. The minimum absolute atomic E-state index is 0.0473. The Morgan fingerprint density at radius 3 is 2.61 bits per heavy atom. The monoisotopic (exact) mass is 583 g/mol. The highest BCUT2D eigenvalue weighted by Gasteiger charge is 2.60. The quantitative estimate of drug-likeness (QED) is 0.435. The lowest BCUT2D eigenvalue weighted by Crippen LogP contribution is -2.63. The molecule has 0 aliphatic carbocycles. The van der Waals surface area contributed by atoms with E-state index in [4.69, 9.17) is 13.9 Å². The van der Waals surface area contributed by atoms with E-state index in [1.807, 2.05) is 24.3 Å². The van der Waals surface area contributed by atoms with Gasteiger partial charge in [-0.25, -0.2) is 14.6 Å². The third-order valence-electron chi connectivity index (χ3n) is 7.97. The molecule has 11 nitrogen and oxygen atoms in total. The van der Waals surface area contributed by atoms with Gasteiger partial charge in [0.25, 0.3) is 0 Å². The Balaban J connectivity index is 1.61. The molecule has 12 heteroatoms. The predicted octanol–water partition coefficient (Wildman–Crippen LogP) is 3.87. The molecule has 1 aromatic carbocycles. The molecular weight excluding hydrogens is 548 g/mol. The van der Waals surface area contributed by atoms with Gasteiger partial charge in [0.05, 0.1) is 24.3 Å². The maximum atomic E-state index is 14.2. The SMILES string of the molecule is COc1ccccc1C(C[N+]1=C2SC(c3ncco3)=C(C)C2C(=O)N(C(C)(C)C(=O)O)C1=O)OC1CCN(C)CC1. The molecule has 2 aromatic rings. The Morgan fingerprint density at radius 1 is 1.27 bits per heavy atom. The van der Waals surface area contributed by atoms with Crippen molar-refractivity contribution in [1.29, 1.82) is 0 Å². The Morgan fingerprint density at radius 2 is 1.98 bits per heavy atom. The molecule has 0 radical (unpaired) electrons. The number of carbonyl (C=O) groups excluding carboxylic acids is 2. The number of fused-ring (bicyclic) bond motifs is 1. The number of carboxylic acids is 1. The van der Waals surface area contributed by atoms with E-state index >= 15 is 0 Å². The average molecular weight is 584 g/mol. The Hall–Kier alpha value is -3.48. The zero-order valence-electron chi connectivity index (χ0n) is 23.8. The molecule has 1 aromatic heterocycles. The van der Waals surface area contributed by atoms with Crippen LogP contribution in [0.5, 0.6) is 5.75 Å². The summed E-state index contributed by atoms with van der Waals surface area (Å²) in [6.45, 7) is 6.33. The van der Waals surface area contributed by atoms with Crippen LogP contribution in [0.2, 0.25) is 0 Å². The molecule has 0 bridgehead atoms. The summed E-state index contributed by atoms with van der Waals surface area (Å²) in [5.74, 6) is -1.79. The third kappa shape index (κ3) is 5.31. The van der Waals surface area contributed by atoms with Crippen LogP contribution in [0, 0.1) is 5.92 Å². The number of rotatable bonds is 9. The van der Waals surface area contributed by atoms with E-state index in [2.05, 4.69) is 16.9 Å². The fraction of sp³-hybridized carbons (Fsp3) is 0.483. The van der Waals surface area contributed by atoms with Crippen LogP contribution in [0.15, 0.2) is 46.7 Å². The smallest absolute Gasteiger partial charge is 0.496 e. The number of likely N-dealkylation sites (tertiary alicyclic amines) is 1. The number of para-hydroxylation sites is 1. The molecule has 2 unspecified atom stereocenters. The first-order chi connectivity index (χ1) is 19.5. The van der Waals surface area contributed by atoms with Gasteiger partial charge in [0, 0.05) is 18.7 Å².